The molecule has 0 bridgehead atoms. The first-order chi connectivity index (χ1) is 9.44. The molecule has 0 radical (unpaired) electrons. The second kappa shape index (κ2) is 6.99. The van der Waals surface area contributed by atoms with Gasteiger partial charge in [0.15, 0.2) is 0 Å². The van der Waals surface area contributed by atoms with Crippen LogP contribution in [0.4, 0.5) is 0 Å². The van der Waals surface area contributed by atoms with Crippen molar-refractivity contribution >= 4 is 11.3 Å². The van der Waals surface area contributed by atoms with E-state index in [1.54, 1.807) is 0 Å². The second-order valence-electron chi connectivity index (χ2n) is 7.27. The van der Waals surface area contributed by atoms with Gasteiger partial charge in [0.2, 0.25) is 0 Å². The zero-order chi connectivity index (χ0) is 14.6. The Labute approximate surface area is 127 Å². The van der Waals surface area contributed by atoms with E-state index in [2.05, 4.69) is 43.2 Å². The topological polar surface area (TPSA) is 37.8 Å². The van der Waals surface area contributed by atoms with Crippen LogP contribution in [0.5, 0.6) is 0 Å². The molecule has 0 amide bonds. The lowest BCUT2D eigenvalue weighted by Crippen LogP contribution is -2.36. The average molecular weight is 295 g/mol. The van der Waals surface area contributed by atoms with Gasteiger partial charge in [0, 0.05) is 17.9 Å². The monoisotopic (exact) mass is 295 g/mol. The molecule has 0 saturated heterocycles. The molecule has 1 fully saturated rings. The van der Waals surface area contributed by atoms with Crippen molar-refractivity contribution in [2.75, 3.05) is 6.54 Å². The van der Waals surface area contributed by atoms with Gasteiger partial charge >= 0.3 is 0 Å². The van der Waals surface area contributed by atoms with E-state index in [9.17, 15) is 0 Å². The molecule has 0 unspecified atom stereocenters. The van der Waals surface area contributed by atoms with Crippen LogP contribution < -0.4 is 5.32 Å². The summed E-state index contributed by atoms with van der Waals surface area (Å²) in [5.41, 5.74) is 0.213. The molecule has 1 saturated carbocycles. The van der Waals surface area contributed by atoms with Crippen molar-refractivity contribution in [3.63, 3.8) is 0 Å². The summed E-state index contributed by atoms with van der Waals surface area (Å²) >= 11 is 1.85. The van der Waals surface area contributed by atoms with E-state index in [-0.39, 0.29) is 5.54 Å². The molecule has 0 aromatic carbocycles. The fourth-order valence-electron chi connectivity index (χ4n) is 2.74. The van der Waals surface area contributed by atoms with Crippen molar-refractivity contribution in [3.8, 4) is 0 Å². The van der Waals surface area contributed by atoms with Gasteiger partial charge in [-0.1, -0.05) is 19.8 Å². The number of aromatic nitrogens is 2. The van der Waals surface area contributed by atoms with E-state index in [0.717, 1.165) is 25.3 Å². The summed E-state index contributed by atoms with van der Waals surface area (Å²) in [6.07, 6.45) is 7.53. The van der Waals surface area contributed by atoms with Gasteiger partial charge < -0.3 is 5.32 Å². The quantitative estimate of drug-likeness (QED) is 0.829. The number of nitrogens with zero attached hydrogens (tertiary/aromatic N) is 2. The summed E-state index contributed by atoms with van der Waals surface area (Å²) in [5.74, 6) is 1.59. The molecule has 0 aliphatic heterocycles. The molecule has 114 valence electrons. The average Bonchev–Trinajstić information content (AvgIpc) is 2.83. The molecule has 20 heavy (non-hydrogen) atoms. The molecule has 1 N–H and O–H groups in total. The van der Waals surface area contributed by atoms with Crippen molar-refractivity contribution in [3.05, 3.63) is 10.0 Å². The third kappa shape index (κ3) is 5.13. The van der Waals surface area contributed by atoms with E-state index in [1.807, 2.05) is 11.3 Å². The summed E-state index contributed by atoms with van der Waals surface area (Å²) < 4.78 is 0. The van der Waals surface area contributed by atoms with Gasteiger partial charge in [-0.2, -0.15) is 0 Å². The van der Waals surface area contributed by atoms with Crippen LogP contribution in [0.3, 0.4) is 0 Å². The molecule has 2 rings (SSSR count). The van der Waals surface area contributed by atoms with Crippen LogP contribution in [0.1, 0.15) is 75.7 Å². The lowest BCUT2D eigenvalue weighted by Gasteiger charge is -2.23. The minimum absolute atomic E-state index is 0.213. The largest absolute Gasteiger partial charge is 0.312 e. The first-order valence-corrected chi connectivity index (χ1v) is 8.83. The lowest BCUT2D eigenvalue weighted by atomic mass is 9.83. The van der Waals surface area contributed by atoms with Gasteiger partial charge in [0.05, 0.1) is 0 Å². The summed E-state index contributed by atoms with van der Waals surface area (Å²) in [6, 6.07) is 0. The van der Waals surface area contributed by atoms with E-state index in [4.69, 9.17) is 0 Å². The van der Waals surface area contributed by atoms with E-state index >= 15 is 0 Å². The SMILES string of the molecule is CC1CCC(c2nnc(CCCNC(C)(C)C)s2)CC1. The smallest absolute Gasteiger partial charge is 0.120 e. The molecule has 4 heteroatoms. The van der Waals surface area contributed by atoms with Crippen LogP contribution in [0.25, 0.3) is 0 Å². The maximum Gasteiger partial charge on any atom is 0.120 e. The van der Waals surface area contributed by atoms with Gasteiger partial charge in [-0.3, -0.25) is 0 Å². The highest BCUT2D eigenvalue weighted by molar-refractivity contribution is 7.11. The van der Waals surface area contributed by atoms with Crippen molar-refractivity contribution in [2.45, 2.75) is 77.7 Å². The number of hydrogen-bond donors (Lipinski definition) is 1. The van der Waals surface area contributed by atoms with Gasteiger partial charge in [0.1, 0.15) is 10.0 Å². The predicted molar refractivity (Wildman–Crippen MR) is 86.4 cm³/mol. The highest BCUT2D eigenvalue weighted by Crippen LogP contribution is 2.36. The summed E-state index contributed by atoms with van der Waals surface area (Å²) in [7, 11) is 0. The highest BCUT2D eigenvalue weighted by Gasteiger charge is 2.22. The maximum atomic E-state index is 4.44. The summed E-state index contributed by atoms with van der Waals surface area (Å²) in [5, 5.41) is 14.9. The van der Waals surface area contributed by atoms with Crippen molar-refractivity contribution in [1.82, 2.24) is 15.5 Å². The number of aryl methyl sites for hydroxylation is 1. The van der Waals surface area contributed by atoms with Crippen molar-refractivity contribution in [1.29, 1.82) is 0 Å². The minimum Gasteiger partial charge on any atom is -0.312 e. The Bertz CT molecular complexity index is 400. The second-order valence-corrected chi connectivity index (χ2v) is 8.36. The zero-order valence-corrected chi connectivity index (χ0v) is 14.2. The molecular weight excluding hydrogens is 266 g/mol. The van der Waals surface area contributed by atoms with E-state index in [1.165, 1.54) is 35.7 Å². The molecule has 0 spiro atoms. The van der Waals surface area contributed by atoms with Crippen LogP contribution in [0.2, 0.25) is 0 Å². The summed E-state index contributed by atoms with van der Waals surface area (Å²) in [4.78, 5) is 0. The number of hydrogen-bond acceptors (Lipinski definition) is 4. The Balaban J connectivity index is 1.75. The van der Waals surface area contributed by atoms with Crippen molar-refractivity contribution in [2.24, 2.45) is 5.92 Å². The molecule has 1 aromatic heterocycles. The van der Waals surface area contributed by atoms with Gasteiger partial charge in [-0.05, 0) is 52.5 Å². The van der Waals surface area contributed by atoms with Gasteiger partial charge in [-0.25, -0.2) is 0 Å². The Morgan fingerprint density at radius 1 is 1.15 bits per heavy atom. The zero-order valence-electron chi connectivity index (χ0n) is 13.4. The minimum atomic E-state index is 0.213. The van der Waals surface area contributed by atoms with Crippen molar-refractivity contribution < 1.29 is 0 Å². The molecule has 1 aromatic rings. The molecule has 1 heterocycles. The standard InChI is InChI=1S/C16H29N3S/c1-12-7-9-13(10-8-12)15-19-18-14(20-15)6-5-11-17-16(2,3)4/h12-13,17H,5-11H2,1-4H3. The molecule has 1 aliphatic carbocycles. The fourth-order valence-corrected chi connectivity index (χ4v) is 3.80. The number of rotatable bonds is 5. The fraction of sp³-hybridized carbons (Fsp3) is 0.875. The van der Waals surface area contributed by atoms with Crippen LogP contribution in [-0.4, -0.2) is 22.3 Å². The van der Waals surface area contributed by atoms with E-state index < -0.39 is 0 Å². The lowest BCUT2D eigenvalue weighted by molar-refractivity contribution is 0.346. The predicted octanol–water partition coefficient (Wildman–Crippen LogP) is 4.15. The molecular formula is C16H29N3S. The van der Waals surface area contributed by atoms with Gasteiger partial charge in [0.25, 0.3) is 0 Å². The highest BCUT2D eigenvalue weighted by atomic mass is 32.1. The normalized spacial score (nSPS) is 24.0. The maximum absolute atomic E-state index is 4.44. The van der Waals surface area contributed by atoms with Crippen LogP contribution in [-0.2, 0) is 6.42 Å². The van der Waals surface area contributed by atoms with Crippen LogP contribution >= 0.6 is 11.3 Å². The first kappa shape index (κ1) is 15.9. The Hall–Kier alpha value is -0.480. The Kier molecular flexibility index (Phi) is 5.56. The molecule has 1 aliphatic rings. The third-order valence-corrected chi connectivity index (χ3v) is 5.22. The molecule has 0 atom stereocenters. The van der Waals surface area contributed by atoms with E-state index in [0.29, 0.717) is 5.92 Å². The summed E-state index contributed by atoms with van der Waals surface area (Å²) in [6.45, 7) is 10.0. The van der Waals surface area contributed by atoms with Crippen LogP contribution in [0.15, 0.2) is 0 Å². The first-order valence-electron chi connectivity index (χ1n) is 8.01. The third-order valence-electron chi connectivity index (χ3n) is 4.07. The van der Waals surface area contributed by atoms with Crippen LogP contribution in [0, 0.1) is 5.92 Å². The molecule has 3 nitrogen and oxygen atoms in total. The number of nitrogens with one attached hydrogen (secondary N) is 1. The van der Waals surface area contributed by atoms with Gasteiger partial charge in [-0.15, -0.1) is 21.5 Å². The Morgan fingerprint density at radius 3 is 2.50 bits per heavy atom. The Morgan fingerprint density at radius 2 is 1.85 bits per heavy atom.